The Labute approximate surface area is 75.4 Å². The van der Waals surface area contributed by atoms with Crippen molar-refractivity contribution >= 4 is 12.2 Å². The summed E-state index contributed by atoms with van der Waals surface area (Å²) >= 11 is 0. The van der Waals surface area contributed by atoms with Crippen LogP contribution in [0, 0.1) is 10.1 Å². The van der Waals surface area contributed by atoms with Crippen LogP contribution in [-0.4, -0.2) is 22.2 Å². The molecule has 0 aromatic carbocycles. The van der Waals surface area contributed by atoms with Crippen molar-refractivity contribution in [3.05, 3.63) is 22.4 Å². The maximum Gasteiger partial charge on any atom is 0.293 e. The van der Waals surface area contributed by atoms with Gasteiger partial charge in [-0.2, -0.15) is 5.10 Å². The van der Waals surface area contributed by atoms with E-state index in [2.05, 4.69) is 10.2 Å². The Kier molecular flexibility index (Phi) is 4.85. The summed E-state index contributed by atoms with van der Waals surface area (Å²) in [6.07, 6.45) is 4.54. The van der Waals surface area contributed by atoms with Crippen molar-refractivity contribution in [3.63, 3.8) is 0 Å². The molecule has 7 heteroatoms. The van der Waals surface area contributed by atoms with Crippen LogP contribution in [0.4, 0.5) is 0 Å². The fourth-order valence-corrected chi connectivity index (χ4v) is 0.569. The number of hydrazone groups is 2. The Hall–Kier alpha value is -1.92. The highest BCUT2D eigenvalue weighted by molar-refractivity contribution is 5.78. The van der Waals surface area contributed by atoms with Gasteiger partial charge in [-0.3, -0.25) is 0 Å². The molecule has 0 bridgehead atoms. The molecule has 2 N–H and O–H groups in total. The Balaban J connectivity index is 4.63. The molecule has 0 saturated carbocycles. The zero-order chi connectivity index (χ0) is 10.3. The standard InChI is InChI=1S/C6H11N5O2/c1-3-5-10(8-4-2)6(7)9-11(12)13/h3-5H,1-2H3,(H2,7,9)/b5-3+,8-4+. The number of allylic oxidation sites excluding steroid dienone is 1. The monoisotopic (exact) mass is 185 g/mol. The molecule has 0 aliphatic heterocycles. The van der Waals surface area contributed by atoms with Gasteiger partial charge in [0.05, 0.1) is 0 Å². The average Bonchev–Trinajstić information content (AvgIpc) is 2.02. The zero-order valence-electron chi connectivity index (χ0n) is 7.41. The molecule has 0 aliphatic carbocycles. The predicted octanol–water partition coefficient (Wildman–Crippen LogP) is 0.334. The largest absolute Gasteiger partial charge is 0.363 e. The fraction of sp³-hybridized carbons (Fsp3) is 0.333. The highest BCUT2D eigenvalue weighted by Gasteiger charge is 2.05. The number of nitrogens with zero attached hydrogens (tertiary/aromatic N) is 4. The Morgan fingerprint density at radius 2 is 2.23 bits per heavy atom. The third-order valence-electron chi connectivity index (χ3n) is 0.949. The van der Waals surface area contributed by atoms with Crippen LogP contribution < -0.4 is 5.73 Å². The van der Waals surface area contributed by atoms with Crippen molar-refractivity contribution in [2.24, 2.45) is 15.9 Å². The molecule has 0 fully saturated rings. The van der Waals surface area contributed by atoms with Gasteiger partial charge >= 0.3 is 0 Å². The van der Waals surface area contributed by atoms with Gasteiger partial charge in [0.25, 0.3) is 5.96 Å². The summed E-state index contributed by atoms with van der Waals surface area (Å²) in [7, 11) is 0. The van der Waals surface area contributed by atoms with Crippen LogP contribution in [0.15, 0.2) is 22.5 Å². The maximum atomic E-state index is 9.96. The minimum Gasteiger partial charge on any atom is -0.363 e. The van der Waals surface area contributed by atoms with Crippen LogP contribution in [0.3, 0.4) is 0 Å². The van der Waals surface area contributed by atoms with E-state index < -0.39 is 5.03 Å². The second-order valence-corrected chi connectivity index (χ2v) is 1.90. The number of nitrogens with two attached hydrogens (primary N) is 1. The van der Waals surface area contributed by atoms with E-state index in [1.165, 1.54) is 12.4 Å². The minimum atomic E-state index is -0.878. The van der Waals surface area contributed by atoms with Crippen molar-refractivity contribution < 1.29 is 5.03 Å². The number of rotatable bonds is 3. The molecule has 0 saturated heterocycles. The second kappa shape index (κ2) is 5.70. The van der Waals surface area contributed by atoms with Crippen LogP contribution >= 0.6 is 0 Å². The van der Waals surface area contributed by atoms with Gasteiger partial charge in [-0.05, 0) is 13.8 Å². The van der Waals surface area contributed by atoms with Gasteiger partial charge in [-0.25, -0.2) is 15.1 Å². The fourth-order valence-electron chi connectivity index (χ4n) is 0.569. The van der Waals surface area contributed by atoms with Crippen LogP contribution in [0.5, 0.6) is 0 Å². The summed E-state index contributed by atoms with van der Waals surface area (Å²) in [6, 6.07) is 0. The first-order valence-corrected chi connectivity index (χ1v) is 3.51. The molecule has 0 unspecified atom stereocenters. The maximum absolute atomic E-state index is 9.96. The summed E-state index contributed by atoms with van der Waals surface area (Å²) in [5, 5.41) is 16.8. The van der Waals surface area contributed by atoms with Gasteiger partial charge in [-0.1, -0.05) is 6.08 Å². The lowest BCUT2D eigenvalue weighted by atomic mass is 10.7. The lowest BCUT2D eigenvalue weighted by molar-refractivity contribution is -0.485. The number of nitro groups is 1. The molecule has 0 rings (SSSR count). The summed E-state index contributed by atoms with van der Waals surface area (Å²) in [4.78, 5) is 9.96. The van der Waals surface area contributed by atoms with Crippen molar-refractivity contribution in [2.75, 3.05) is 0 Å². The van der Waals surface area contributed by atoms with Crippen molar-refractivity contribution in [2.45, 2.75) is 13.8 Å². The molecular formula is C6H11N5O2. The summed E-state index contributed by atoms with van der Waals surface area (Å²) in [5.41, 5.74) is 5.26. The predicted molar refractivity (Wildman–Crippen MR) is 49.4 cm³/mol. The first-order valence-electron chi connectivity index (χ1n) is 3.51. The van der Waals surface area contributed by atoms with Crippen LogP contribution in [0.2, 0.25) is 0 Å². The summed E-state index contributed by atoms with van der Waals surface area (Å²) < 4.78 is 0. The van der Waals surface area contributed by atoms with Gasteiger partial charge in [-0.15, -0.1) is 0 Å². The van der Waals surface area contributed by atoms with E-state index in [0.717, 1.165) is 5.01 Å². The SMILES string of the molecule is C/C=C/N(/N=C/C)/C(N)=N\[N+](=O)[O-]. The molecular weight excluding hydrogens is 174 g/mol. The molecule has 0 radical (unpaired) electrons. The lowest BCUT2D eigenvalue weighted by Crippen LogP contribution is -2.29. The number of hydrogen-bond donors (Lipinski definition) is 1. The van der Waals surface area contributed by atoms with Gasteiger partial charge in [0.1, 0.15) is 5.10 Å². The quantitative estimate of drug-likeness (QED) is 0.296. The Morgan fingerprint density at radius 1 is 1.62 bits per heavy atom. The molecule has 0 atom stereocenters. The third kappa shape index (κ3) is 4.51. The average molecular weight is 185 g/mol. The van der Waals surface area contributed by atoms with E-state index in [4.69, 9.17) is 5.73 Å². The van der Waals surface area contributed by atoms with Crippen molar-refractivity contribution in [3.8, 4) is 0 Å². The van der Waals surface area contributed by atoms with E-state index >= 15 is 0 Å². The van der Waals surface area contributed by atoms with Crippen molar-refractivity contribution in [1.82, 2.24) is 5.01 Å². The molecule has 7 nitrogen and oxygen atoms in total. The minimum absolute atomic E-state index is 0.291. The van der Waals surface area contributed by atoms with E-state index in [0.29, 0.717) is 0 Å². The first kappa shape index (κ1) is 11.1. The summed E-state index contributed by atoms with van der Waals surface area (Å²) in [6.45, 7) is 3.40. The molecule has 0 amide bonds. The molecule has 0 aromatic rings. The smallest absolute Gasteiger partial charge is 0.293 e. The van der Waals surface area contributed by atoms with Crippen LogP contribution in [0.1, 0.15) is 13.8 Å². The number of guanidine groups is 1. The van der Waals surface area contributed by atoms with E-state index in [9.17, 15) is 10.1 Å². The van der Waals surface area contributed by atoms with Gasteiger partial charge in [0, 0.05) is 12.4 Å². The van der Waals surface area contributed by atoms with E-state index in [-0.39, 0.29) is 5.96 Å². The lowest BCUT2D eigenvalue weighted by Gasteiger charge is -2.08. The normalized spacial score (nSPS) is 12.6. The van der Waals surface area contributed by atoms with Crippen molar-refractivity contribution in [1.29, 1.82) is 0 Å². The Morgan fingerprint density at radius 3 is 2.62 bits per heavy atom. The van der Waals surface area contributed by atoms with Gasteiger partial charge in [0.15, 0.2) is 5.03 Å². The van der Waals surface area contributed by atoms with Gasteiger partial charge in [0.2, 0.25) is 0 Å². The zero-order valence-corrected chi connectivity index (χ0v) is 7.41. The summed E-state index contributed by atoms with van der Waals surface area (Å²) in [5.74, 6) is -0.291. The van der Waals surface area contributed by atoms with E-state index in [1.54, 1.807) is 19.9 Å². The molecule has 13 heavy (non-hydrogen) atoms. The molecule has 0 aromatic heterocycles. The first-order chi connectivity index (χ1) is 6.11. The highest BCUT2D eigenvalue weighted by atomic mass is 16.7. The molecule has 0 aliphatic rings. The third-order valence-corrected chi connectivity index (χ3v) is 0.949. The molecule has 0 heterocycles. The second-order valence-electron chi connectivity index (χ2n) is 1.90. The van der Waals surface area contributed by atoms with Crippen LogP contribution in [-0.2, 0) is 0 Å². The number of hydrogen-bond acceptors (Lipinski definition) is 3. The topological polar surface area (TPSA) is 97.1 Å². The van der Waals surface area contributed by atoms with Gasteiger partial charge < -0.3 is 5.73 Å². The van der Waals surface area contributed by atoms with E-state index in [1.807, 2.05) is 0 Å². The van der Waals surface area contributed by atoms with Crippen LogP contribution in [0.25, 0.3) is 0 Å². The Bertz CT molecular complexity index is 246. The molecule has 0 spiro atoms. The molecule has 72 valence electrons. The highest BCUT2D eigenvalue weighted by Crippen LogP contribution is 1.90.